The van der Waals surface area contributed by atoms with Crippen LogP contribution in [0.2, 0.25) is 0 Å². The topological polar surface area (TPSA) is 26.0 Å². The summed E-state index contributed by atoms with van der Waals surface area (Å²) in [5.41, 5.74) is 9.29. The zero-order chi connectivity index (χ0) is 9.60. The van der Waals surface area contributed by atoms with Gasteiger partial charge in [0.15, 0.2) is 0 Å². The molecule has 0 heterocycles. The molecule has 2 N–H and O–H groups in total. The molecule has 15 heavy (non-hydrogen) atoms. The van der Waals surface area contributed by atoms with Gasteiger partial charge in [-0.25, -0.2) is 0 Å². The first-order valence-electron chi connectivity index (χ1n) is 5.65. The van der Waals surface area contributed by atoms with Crippen molar-refractivity contribution >= 4 is 9.90 Å². The van der Waals surface area contributed by atoms with Crippen LogP contribution in [-0.2, 0) is 12.0 Å². The van der Waals surface area contributed by atoms with E-state index in [1.165, 1.54) is 31.2 Å². The van der Waals surface area contributed by atoms with Gasteiger partial charge < -0.3 is 5.73 Å². The zero-order valence-corrected chi connectivity index (χ0v) is 10.6. The van der Waals surface area contributed by atoms with Crippen molar-refractivity contribution in [2.75, 3.05) is 0 Å². The molecule has 3 rings (SSSR count). The number of benzene rings is 1. The van der Waals surface area contributed by atoms with Crippen LogP contribution in [-0.4, -0.2) is 0 Å². The Morgan fingerprint density at radius 1 is 1.20 bits per heavy atom. The second kappa shape index (κ2) is 3.88. The third kappa shape index (κ3) is 1.73. The van der Waals surface area contributed by atoms with Gasteiger partial charge in [-0.3, -0.25) is 0 Å². The van der Waals surface area contributed by atoms with E-state index >= 15 is 0 Å². The van der Waals surface area contributed by atoms with Crippen LogP contribution in [0.15, 0.2) is 24.3 Å². The van der Waals surface area contributed by atoms with Crippen LogP contribution in [0.4, 0.5) is 0 Å². The fourth-order valence-electron chi connectivity index (χ4n) is 2.85. The molecular weight excluding hydrogens is 201 g/mol. The van der Waals surface area contributed by atoms with Crippen molar-refractivity contribution in [3.8, 4) is 0 Å². The fraction of sp³-hybridized carbons (Fsp3) is 0.538. The van der Waals surface area contributed by atoms with Crippen LogP contribution < -0.4 is 5.73 Å². The molecule has 0 bridgehead atoms. The summed E-state index contributed by atoms with van der Waals surface area (Å²) in [6, 6.07) is 8.76. The van der Waals surface area contributed by atoms with Crippen molar-refractivity contribution in [3.05, 3.63) is 35.4 Å². The van der Waals surface area contributed by atoms with E-state index in [-0.39, 0.29) is 9.90 Å². The Morgan fingerprint density at radius 3 is 2.40 bits per heavy atom. The highest BCUT2D eigenvalue weighted by Gasteiger charge is 2.55. The van der Waals surface area contributed by atoms with Crippen molar-refractivity contribution in [2.45, 2.75) is 37.6 Å². The number of hydrogen-bond acceptors (Lipinski definition) is 1. The summed E-state index contributed by atoms with van der Waals surface area (Å²) in [6.07, 6.45) is 5.68. The van der Waals surface area contributed by atoms with Gasteiger partial charge in [0.25, 0.3) is 0 Å². The predicted molar refractivity (Wildman–Crippen MR) is 69.1 cm³/mol. The molecule has 0 amide bonds. The van der Waals surface area contributed by atoms with Crippen LogP contribution in [0.5, 0.6) is 0 Å². The molecule has 2 aliphatic carbocycles. The molecule has 0 spiro atoms. The van der Waals surface area contributed by atoms with Crippen molar-refractivity contribution in [3.63, 3.8) is 0 Å². The summed E-state index contributed by atoms with van der Waals surface area (Å²) in [4.78, 5) is 0. The third-order valence-corrected chi connectivity index (χ3v) is 3.92. The zero-order valence-electron chi connectivity index (χ0n) is 9.21. The Labute approximate surface area is 95.1 Å². The molecular formula is C13H20NP. The van der Waals surface area contributed by atoms with Gasteiger partial charge in [0.2, 0.25) is 0 Å². The molecule has 1 aromatic rings. The highest BCUT2D eigenvalue weighted by molar-refractivity contribution is 6.92. The maximum absolute atomic E-state index is 5.80. The van der Waals surface area contributed by atoms with Gasteiger partial charge >= 0.3 is 0 Å². The minimum absolute atomic E-state index is 0. The standard InChI is InChI=1S/C13H17N.H3P/c14-9-10-3-1-2-4-12(10)13(7-8-13)11-5-6-11;/h1-4,11H,5-9,14H2;1H3. The van der Waals surface area contributed by atoms with Crippen molar-refractivity contribution < 1.29 is 0 Å². The lowest BCUT2D eigenvalue weighted by atomic mass is 9.87. The molecule has 0 saturated heterocycles. The SMILES string of the molecule is NCc1ccccc1C1(C2CC2)CC1.P. The Hall–Kier alpha value is -0.390. The Balaban J connectivity index is 0.000000853. The average molecular weight is 221 g/mol. The molecule has 1 unspecified atom stereocenters. The summed E-state index contributed by atoms with van der Waals surface area (Å²) < 4.78 is 0. The van der Waals surface area contributed by atoms with E-state index in [0.29, 0.717) is 12.0 Å². The maximum Gasteiger partial charge on any atom is 0.0181 e. The molecule has 2 aliphatic rings. The van der Waals surface area contributed by atoms with Crippen LogP contribution in [0.3, 0.4) is 0 Å². The summed E-state index contributed by atoms with van der Waals surface area (Å²) in [6.45, 7) is 0.699. The number of rotatable bonds is 3. The lowest BCUT2D eigenvalue weighted by Gasteiger charge is -2.18. The van der Waals surface area contributed by atoms with Crippen LogP contribution in [0, 0.1) is 5.92 Å². The number of hydrogen-bond donors (Lipinski definition) is 1. The lowest BCUT2D eigenvalue weighted by Crippen LogP contribution is -2.14. The second-order valence-electron chi connectivity index (χ2n) is 4.79. The van der Waals surface area contributed by atoms with Crippen molar-refractivity contribution in [2.24, 2.45) is 11.7 Å². The summed E-state index contributed by atoms with van der Waals surface area (Å²) >= 11 is 0. The van der Waals surface area contributed by atoms with E-state index in [1.54, 1.807) is 5.56 Å². The maximum atomic E-state index is 5.80. The van der Waals surface area contributed by atoms with Crippen molar-refractivity contribution in [1.82, 2.24) is 0 Å². The number of nitrogens with two attached hydrogens (primary N) is 1. The Morgan fingerprint density at radius 2 is 1.87 bits per heavy atom. The molecule has 1 atom stereocenters. The largest absolute Gasteiger partial charge is 0.326 e. The van der Waals surface area contributed by atoms with E-state index in [4.69, 9.17) is 5.73 Å². The first-order chi connectivity index (χ1) is 6.87. The van der Waals surface area contributed by atoms with E-state index in [9.17, 15) is 0 Å². The van der Waals surface area contributed by atoms with Crippen molar-refractivity contribution in [1.29, 1.82) is 0 Å². The molecule has 0 aliphatic heterocycles. The van der Waals surface area contributed by atoms with Gasteiger partial charge in [-0.2, -0.15) is 9.90 Å². The quantitative estimate of drug-likeness (QED) is 0.780. The van der Waals surface area contributed by atoms with Gasteiger partial charge in [-0.15, -0.1) is 0 Å². The van der Waals surface area contributed by atoms with Gasteiger partial charge in [0, 0.05) is 6.54 Å². The molecule has 0 radical (unpaired) electrons. The fourth-order valence-corrected chi connectivity index (χ4v) is 2.85. The molecule has 2 heteroatoms. The first kappa shape index (κ1) is 11.1. The van der Waals surface area contributed by atoms with E-state index < -0.39 is 0 Å². The average Bonchev–Trinajstić information content (AvgIpc) is 3.07. The van der Waals surface area contributed by atoms with E-state index in [1.807, 2.05) is 0 Å². The minimum atomic E-state index is 0. The van der Waals surface area contributed by atoms with Gasteiger partial charge in [0.05, 0.1) is 0 Å². The molecule has 82 valence electrons. The second-order valence-corrected chi connectivity index (χ2v) is 4.79. The molecule has 2 fully saturated rings. The van der Waals surface area contributed by atoms with Gasteiger partial charge in [-0.1, -0.05) is 24.3 Å². The first-order valence-corrected chi connectivity index (χ1v) is 5.65. The van der Waals surface area contributed by atoms with Gasteiger partial charge in [0.1, 0.15) is 0 Å². The summed E-state index contributed by atoms with van der Waals surface area (Å²) in [5, 5.41) is 0. The normalized spacial score (nSPS) is 21.9. The predicted octanol–water partition coefficient (Wildman–Crippen LogP) is 2.65. The monoisotopic (exact) mass is 221 g/mol. The lowest BCUT2D eigenvalue weighted by molar-refractivity contribution is 0.590. The van der Waals surface area contributed by atoms with E-state index in [2.05, 4.69) is 24.3 Å². The van der Waals surface area contributed by atoms with E-state index in [0.717, 1.165) is 5.92 Å². The highest BCUT2D eigenvalue weighted by atomic mass is 31.0. The smallest absolute Gasteiger partial charge is 0.0181 e. The highest BCUT2D eigenvalue weighted by Crippen LogP contribution is 2.62. The Bertz CT molecular complexity index is 353. The molecule has 1 nitrogen and oxygen atoms in total. The molecule has 2 saturated carbocycles. The van der Waals surface area contributed by atoms with Gasteiger partial charge in [-0.05, 0) is 48.1 Å². The molecule has 0 aromatic heterocycles. The summed E-state index contributed by atoms with van der Waals surface area (Å²) in [7, 11) is 0. The van der Waals surface area contributed by atoms with Crippen LogP contribution >= 0.6 is 9.90 Å². The van der Waals surface area contributed by atoms with Crippen LogP contribution in [0.1, 0.15) is 36.8 Å². The molecule has 1 aromatic carbocycles. The summed E-state index contributed by atoms with van der Waals surface area (Å²) in [5.74, 6) is 0.982. The third-order valence-electron chi connectivity index (χ3n) is 3.92. The Kier molecular flexibility index (Phi) is 2.87. The van der Waals surface area contributed by atoms with Crippen LogP contribution in [0.25, 0.3) is 0 Å². The minimum Gasteiger partial charge on any atom is -0.326 e.